The second-order valence-electron chi connectivity index (χ2n) is 5.17. The Morgan fingerprint density at radius 1 is 1.41 bits per heavy atom. The predicted octanol–water partition coefficient (Wildman–Crippen LogP) is 0.591. The van der Waals surface area contributed by atoms with Crippen LogP contribution in [0.1, 0.15) is 6.92 Å². The van der Waals surface area contributed by atoms with Gasteiger partial charge in [0, 0.05) is 19.4 Å². The Labute approximate surface area is 129 Å². The number of methoxy groups -OCH3 is 1. The Kier molecular flexibility index (Phi) is 4.82. The lowest BCUT2D eigenvalue weighted by molar-refractivity contribution is -0.122. The number of imidazole rings is 1. The van der Waals surface area contributed by atoms with Crippen molar-refractivity contribution >= 4 is 26.8 Å². The van der Waals surface area contributed by atoms with Crippen LogP contribution in [0.25, 0.3) is 11.0 Å². The van der Waals surface area contributed by atoms with Crippen LogP contribution in [0.3, 0.4) is 0 Å². The topological polar surface area (TPSA) is 90.3 Å². The number of aromatic nitrogens is 2. The number of carbonyl (C=O) groups is 1. The molecule has 0 aliphatic carbocycles. The Morgan fingerprint density at radius 3 is 2.73 bits per heavy atom. The highest BCUT2D eigenvalue weighted by atomic mass is 32.2. The highest BCUT2D eigenvalue weighted by molar-refractivity contribution is 7.90. The van der Waals surface area contributed by atoms with Crippen LogP contribution < -0.4 is 5.32 Å². The summed E-state index contributed by atoms with van der Waals surface area (Å²) in [6, 6.07) is 6.84. The van der Waals surface area contributed by atoms with Crippen LogP contribution in [-0.2, 0) is 25.9 Å². The Hall–Kier alpha value is -1.93. The molecule has 0 fully saturated rings. The van der Waals surface area contributed by atoms with Crippen LogP contribution in [-0.4, -0.2) is 49.9 Å². The second-order valence-corrected chi connectivity index (χ2v) is 7.07. The lowest BCUT2D eigenvalue weighted by atomic mass is 10.3. The minimum Gasteiger partial charge on any atom is -0.383 e. The van der Waals surface area contributed by atoms with Crippen LogP contribution in [0.15, 0.2) is 29.4 Å². The van der Waals surface area contributed by atoms with Crippen molar-refractivity contribution in [2.24, 2.45) is 0 Å². The first kappa shape index (κ1) is 16.4. The molecule has 0 bridgehead atoms. The van der Waals surface area contributed by atoms with E-state index < -0.39 is 9.84 Å². The van der Waals surface area contributed by atoms with Crippen molar-refractivity contribution in [3.63, 3.8) is 0 Å². The van der Waals surface area contributed by atoms with Gasteiger partial charge in [-0.25, -0.2) is 13.4 Å². The molecule has 2 aromatic rings. The zero-order valence-electron chi connectivity index (χ0n) is 12.7. The summed E-state index contributed by atoms with van der Waals surface area (Å²) in [4.78, 5) is 16.2. The highest BCUT2D eigenvalue weighted by Crippen LogP contribution is 2.19. The number of nitrogens with one attached hydrogen (secondary N) is 1. The van der Waals surface area contributed by atoms with Gasteiger partial charge in [0.2, 0.25) is 20.9 Å². The van der Waals surface area contributed by atoms with E-state index in [9.17, 15) is 13.2 Å². The minimum absolute atomic E-state index is 0.108. The molecule has 1 heterocycles. The van der Waals surface area contributed by atoms with Gasteiger partial charge in [-0.05, 0) is 19.1 Å². The van der Waals surface area contributed by atoms with Gasteiger partial charge in [-0.3, -0.25) is 4.79 Å². The molecule has 0 aliphatic heterocycles. The molecule has 1 amide bonds. The first-order valence-electron chi connectivity index (χ1n) is 6.76. The van der Waals surface area contributed by atoms with Crippen molar-refractivity contribution in [1.82, 2.24) is 14.9 Å². The number of carbonyl (C=O) groups excluding carboxylic acids is 1. The van der Waals surface area contributed by atoms with Crippen LogP contribution >= 0.6 is 0 Å². The molecule has 1 unspecified atom stereocenters. The molecule has 8 heteroatoms. The van der Waals surface area contributed by atoms with Crippen molar-refractivity contribution in [3.8, 4) is 0 Å². The smallest absolute Gasteiger partial charge is 0.240 e. The molecule has 0 saturated carbocycles. The first-order chi connectivity index (χ1) is 10.3. The average Bonchev–Trinajstić information content (AvgIpc) is 2.78. The van der Waals surface area contributed by atoms with Crippen molar-refractivity contribution in [1.29, 1.82) is 0 Å². The number of hydrogen-bond donors (Lipinski definition) is 1. The van der Waals surface area contributed by atoms with Gasteiger partial charge < -0.3 is 14.6 Å². The van der Waals surface area contributed by atoms with Crippen molar-refractivity contribution in [2.45, 2.75) is 24.7 Å². The molecular formula is C14H19N3O4S. The Morgan fingerprint density at radius 2 is 2.09 bits per heavy atom. The third kappa shape index (κ3) is 3.63. The van der Waals surface area contributed by atoms with Gasteiger partial charge >= 0.3 is 0 Å². The van der Waals surface area contributed by atoms with Gasteiger partial charge in [0.1, 0.15) is 6.54 Å². The van der Waals surface area contributed by atoms with Crippen molar-refractivity contribution in [2.75, 3.05) is 20.0 Å². The molecule has 120 valence electrons. The zero-order chi connectivity index (χ0) is 16.3. The van der Waals surface area contributed by atoms with E-state index in [-0.39, 0.29) is 23.7 Å². The van der Waals surface area contributed by atoms with Crippen molar-refractivity contribution < 1.29 is 17.9 Å². The molecule has 0 radical (unpaired) electrons. The number of benzene rings is 1. The predicted molar refractivity (Wildman–Crippen MR) is 82.3 cm³/mol. The molecule has 1 atom stereocenters. The minimum atomic E-state index is -3.53. The SMILES string of the molecule is COCC(C)NC(=O)Cn1c(S(C)(=O)=O)nc2ccccc21. The summed E-state index contributed by atoms with van der Waals surface area (Å²) in [5, 5.41) is 2.65. The Balaban J connectivity index is 2.35. The van der Waals surface area contributed by atoms with E-state index in [2.05, 4.69) is 10.3 Å². The maximum atomic E-state index is 12.1. The fourth-order valence-corrected chi connectivity index (χ4v) is 3.07. The molecule has 0 aliphatic rings. The quantitative estimate of drug-likeness (QED) is 0.839. The summed E-state index contributed by atoms with van der Waals surface area (Å²) in [7, 11) is -1.98. The average molecular weight is 325 g/mol. The number of ether oxygens (including phenoxy) is 1. The Bertz CT molecular complexity index is 782. The number of sulfone groups is 1. The number of amides is 1. The lowest BCUT2D eigenvalue weighted by Crippen LogP contribution is -2.38. The molecule has 1 N–H and O–H groups in total. The molecule has 1 aromatic carbocycles. The van der Waals surface area contributed by atoms with E-state index in [1.807, 2.05) is 6.92 Å². The van der Waals surface area contributed by atoms with E-state index in [1.165, 1.54) is 4.57 Å². The summed E-state index contributed by atoms with van der Waals surface area (Å²) >= 11 is 0. The van der Waals surface area contributed by atoms with Gasteiger partial charge in [-0.1, -0.05) is 12.1 Å². The standard InChI is InChI=1S/C14H19N3O4S/c1-10(9-21-2)15-13(18)8-17-12-7-5-4-6-11(12)16-14(17)22(3,19)20/h4-7,10H,8-9H2,1-3H3,(H,15,18). The molecule has 1 aromatic heterocycles. The fraction of sp³-hybridized carbons (Fsp3) is 0.429. The number of rotatable bonds is 6. The third-order valence-corrected chi connectivity index (χ3v) is 4.05. The van der Waals surface area contributed by atoms with E-state index in [4.69, 9.17) is 4.74 Å². The maximum Gasteiger partial charge on any atom is 0.240 e. The largest absolute Gasteiger partial charge is 0.383 e. The summed E-state index contributed by atoms with van der Waals surface area (Å²) in [6.07, 6.45) is 1.08. The molecule has 0 spiro atoms. The van der Waals surface area contributed by atoms with Gasteiger partial charge in [-0.2, -0.15) is 0 Å². The van der Waals surface area contributed by atoms with Crippen LogP contribution in [0.4, 0.5) is 0 Å². The van der Waals surface area contributed by atoms with Gasteiger partial charge in [-0.15, -0.1) is 0 Å². The molecule has 7 nitrogen and oxygen atoms in total. The summed E-state index contributed by atoms with van der Waals surface area (Å²) in [5.41, 5.74) is 1.15. The zero-order valence-corrected chi connectivity index (χ0v) is 13.6. The highest BCUT2D eigenvalue weighted by Gasteiger charge is 2.21. The van der Waals surface area contributed by atoms with Crippen molar-refractivity contribution in [3.05, 3.63) is 24.3 Å². The van der Waals surface area contributed by atoms with Crippen LogP contribution in [0, 0.1) is 0 Å². The van der Waals surface area contributed by atoms with Crippen LogP contribution in [0.2, 0.25) is 0 Å². The normalized spacial score (nSPS) is 13.2. The van der Waals surface area contributed by atoms with Gasteiger partial charge in [0.25, 0.3) is 0 Å². The maximum absolute atomic E-state index is 12.1. The van der Waals surface area contributed by atoms with Crippen LogP contribution in [0.5, 0.6) is 0 Å². The fourth-order valence-electron chi connectivity index (χ4n) is 2.25. The third-order valence-electron chi connectivity index (χ3n) is 3.08. The molecule has 2 rings (SSSR count). The number of para-hydroxylation sites is 2. The first-order valence-corrected chi connectivity index (χ1v) is 8.65. The second kappa shape index (κ2) is 6.45. The number of nitrogens with zero attached hydrogens (tertiary/aromatic N) is 2. The monoisotopic (exact) mass is 325 g/mol. The summed E-state index contributed by atoms with van der Waals surface area (Å²) in [6.45, 7) is 2.08. The summed E-state index contributed by atoms with van der Waals surface area (Å²) < 4.78 is 30.2. The van der Waals surface area contributed by atoms with E-state index in [0.717, 1.165) is 6.26 Å². The lowest BCUT2D eigenvalue weighted by Gasteiger charge is -2.14. The molecular weight excluding hydrogens is 306 g/mol. The molecule has 0 saturated heterocycles. The van der Waals surface area contributed by atoms with Gasteiger partial charge in [0.05, 0.1) is 17.6 Å². The van der Waals surface area contributed by atoms with E-state index in [0.29, 0.717) is 17.6 Å². The van der Waals surface area contributed by atoms with E-state index >= 15 is 0 Å². The summed E-state index contributed by atoms with van der Waals surface area (Å²) in [5.74, 6) is -0.294. The van der Waals surface area contributed by atoms with E-state index in [1.54, 1.807) is 31.4 Å². The molecule has 22 heavy (non-hydrogen) atoms. The number of fused-ring (bicyclic) bond motifs is 1. The number of hydrogen-bond acceptors (Lipinski definition) is 5. The van der Waals surface area contributed by atoms with Gasteiger partial charge in [0.15, 0.2) is 0 Å².